The van der Waals surface area contributed by atoms with Crippen molar-refractivity contribution in [3.05, 3.63) is 59.3 Å². The summed E-state index contributed by atoms with van der Waals surface area (Å²) in [6.07, 6.45) is -0.300. The van der Waals surface area contributed by atoms with Crippen LogP contribution in [0.3, 0.4) is 0 Å². The average molecular weight is 897 g/mol. The summed E-state index contributed by atoms with van der Waals surface area (Å²) in [5, 5.41) is 11.1. The number of halogens is 4. The number of hydroxylamine groups is 2. The predicted molar refractivity (Wildman–Crippen MR) is 170 cm³/mol. The van der Waals surface area contributed by atoms with Crippen LogP contribution in [0.15, 0.2) is 52.6 Å². The van der Waals surface area contributed by atoms with E-state index in [0.717, 1.165) is 0 Å². The maximum absolute atomic E-state index is 13.6. The first-order valence-corrected chi connectivity index (χ1v) is 15.8. The molecule has 230 valence electrons. The summed E-state index contributed by atoms with van der Waals surface area (Å²) in [5.74, 6) is -5.27. The van der Waals surface area contributed by atoms with E-state index in [1.165, 1.54) is 44.2 Å². The molecule has 46 heavy (non-hydrogen) atoms. The number of carboxylic acid groups (broad SMARTS) is 1. The minimum absolute atomic E-state index is 0. The number of aromatic carboxylic acids is 1. The number of benzene rings is 3. The van der Waals surface area contributed by atoms with E-state index in [4.69, 9.17) is 18.7 Å². The summed E-state index contributed by atoms with van der Waals surface area (Å²) in [6, 6.07) is 6.85. The van der Waals surface area contributed by atoms with Gasteiger partial charge in [0.1, 0.15) is 0 Å². The van der Waals surface area contributed by atoms with Gasteiger partial charge in [-0.1, -0.05) is 6.07 Å². The third kappa shape index (κ3) is 6.66. The Hall–Kier alpha value is -2.73. The Morgan fingerprint density at radius 3 is 1.67 bits per heavy atom. The van der Waals surface area contributed by atoms with Crippen LogP contribution in [0, 0.1) is 0 Å². The summed E-state index contributed by atoms with van der Waals surface area (Å²) < 4.78 is 17.8. The SMILES string of the molecule is CC(=O)Oc1c(Br)cc2c(-c3c(C(=O)O)cccc3C(=O)ON3C(=O)CCC3=O)c3cc(Br)c(OC(C)=O)c(Br)c3[o+]c2c1Br.[Na+]. The molecule has 0 saturated carbocycles. The predicted octanol–water partition coefficient (Wildman–Crippen LogP) is 4.36. The first-order valence-electron chi connectivity index (χ1n) is 12.6. The molecule has 0 radical (unpaired) electrons. The van der Waals surface area contributed by atoms with Crippen molar-refractivity contribution < 1.29 is 82.2 Å². The first-order chi connectivity index (χ1) is 21.2. The fourth-order valence-electron chi connectivity index (χ4n) is 4.69. The number of ether oxygens (including phenoxy) is 2. The minimum atomic E-state index is -1.42. The number of esters is 2. The standard InChI is InChI=1S/C29H15Br4NO11.Na/c1-10(35)42-26-16(30)8-14-21(15-9-17(31)27(43-11(2)36)23(33)25(15)44-24(14)22(26)32)20-12(28(39)40)4-3-5-13(20)29(41)45-34-18(37)6-7-19(34)38;/h3-5,8-9H,6-7H2,1-2H3;/q;+1/p+1. The molecule has 4 aromatic rings. The zero-order valence-electron chi connectivity index (χ0n) is 23.8. The van der Waals surface area contributed by atoms with E-state index in [9.17, 15) is 33.9 Å². The third-order valence-electron chi connectivity index (χ3n) is 6.44. The van der Waals surface area contributed by atoms with Gasteiger partial charge in [-0.3, -0.25) is 19.2 Å². The molecule has 2 amide bonds. The fraction of sp³-hybridized carbons (Fsp3) is 0.138. The first kappa shape index (κ1) is 36.1. The molecule has 1 aromatic heterocycles. The van der Waals surface area contributed by atoms with Crippen molar-refractivity contribution >= 4 is 121 Å². The van der Waals surface area contributed by atoms with Crippen LogP contribution in [0.4, 0.5) is 0 Å². The van der Waals surface area contributed by atoms with Crippen LogP contribution in [0.5, 0.6) is 11.5 Å². The van der Waals surface area contributed by atoms with Gasteiger partial charge in [0, 0.05) is 37.8 Å². The molecular weight excluding hydrogens is 881 g/mol. The Bertz CT molecular complexity index is 1950. The quantitative estimate of drug-likeness (QED) is 0.0731. The van der Waals surface area contributed by atoms with Crippen LogP contribution < -0.4 is 39.0 Å². The van der Waals surface area contributed by atoms with Crippen molar-refractivity contribution in [2.45, 2.75) is 26.7 Å². The Morgan fingerprint density at radius 2 is 1.24 bits per heavy atom. The summed E-state index contributed by atoms with van der Waals surface area (Å²) >= 11 is 13.6. The van der Waals surface area contributed by atoms with Gasteiger partial charge in [-0.25, -0.2) is 14.0 Å². The molecule has 0 unspecified atom stereocenters. The smallest absolute Gasteiger partial charge is 0.478 e. The minimum Gasteiger partial charge on any atom is -0.478 e. The number of hydrogen-bond donors (Lipinski definition) is 1. The van der Waals surface area contributed by atoms with E-state index in [1.807, 2.05) is 0 Å². The zero-order chi connectivity index (χ0) is 32.9. The third-order valence-corrected chi connectivity index (χ3v) is 9.06. The van der Waals surface area contributed by atoms with Crippen molar-refractivity contribution in [3.8, 4) is 22.6 Å². The van der Waals surface area contributed by atoms with Gasteiger partial charge in [0.05, 0.1) is 30.8 Å². The van der Waals surface area contributed by atoms with E-state index >= 15 is 0 Å². The average Bonchev–Trinajstić information content (AvgIpc) is 3.28. The number of fused-ring (bicyclic) bond motifs is 2. The van der Waals surface area contributed by atoms with Crippen LogP contribution in [-0.2, 0) is 24.0 Å². The van der Waals surface area contributed by atoms with E-state index in [2.05, 4.69) is 63.7 Å². The van der Waals surface area contributed by atoms with E-state index in [0.29, 0.717) is 5.06 Å². The molecule has 1 N–H and O–H groups in total. The van der Waals surface area contributed by atoms with E-state index in [1.54, 1.807) is 0 Å². The van der Waals surface area contributed by atoms with Gasteiger partial charge in [0.2, 0.25) is 0 Å². The molecule has 17 heteroatoms. The molecule has 3 aromatic carbocycles. The Morgan fingerprint density at radius 1 is 0.783 bits per heavy atom. The van der Waals surface area contributed by atoms with Gasteiger partial charge < -0.3 is 19.4 Å². The van der Waals surface area contributed by atoms with Gasteiger partial charge in [-0.15, -0.1) is 5.06 Å². The van der Waals surface area contributed by atoms with E-state index < -0.39 is 35.7 Å². The molecule has 5 rings (SSSR count). The largest absolute Gasteiger partial charge is 1.00 e. The molecule has 0 spiro atoms. The number of hydrogen-bond acceptors (Lipinski definition) is 9. The fourth-order valence-corrected chi connectivity index (χ4v) is 7.42. The van der Waals surface area contributed by atoms with Crippen LogP contribution in [0.1, 0.15) is 47.4 Å². The van der Waals surface area contributed by atoms with Crippen LogP contribution in [0.25, 0.3) is 33.1 Å². The maximum atomic E-state index is 13.6. The number of carbonyl (C=O) groups excluding carboxylic acids is 5. The van der Waals surface area contributed by atoms with Crippen molar-refractivity contribution in [1.82, 2.24) is 5.06 Å². The molecule has 1 fully saturated rings. The zero-order valence-corrected chi connectivity index (χ0v) is 32.1. The number of amides is 2. The van der Waals surface area contributed by atoms with Gasteiger partial charge in [0.25, 0.3) is 11.8 Å². The summed E-state index contributed by atoms with van der Waals surface area (Å²) in [6.45, 7) is 2.39. The molecule has 0 bridgehead atoms. The second-order valence-electron chi connectivity index (χ2n) is 9.41. The molecule has 12 nitrogen and oxygen atoms in total. The second-order valence-corrected chi connectivity index (χ2v) is 12.7. The van der Waals surface area contributed by atoms with Gasteiger partial charge in [-0.2, -0.15) is 0 Å². The van der Waals surface area contributed by atoms with Crippen molar-refractivity contribution in [2.75, 3.05) is 0 Å². The van der Waals surface area contributed by atoms with Crippen LogP contribution >= 0.6 is 63.7 Å². The normalized spacial score (nSPS) is 12.7. The summed E-state index contributed by atoms with van der Waals surface area (Å²) in [7, 11) is 0. The van der Waals surface area contributed by atoms with Gasteiger partial charge in [-0.05, 0) is 88.0 Å². The summed E-state index contributed by atoms with van der Waals surface area (Å²) in [4.78, 5) is 79.7. The van der Waals surface area contributed by atoms with Gasteiger partial charge >= 0.3 is 64.6 Å². The Balaban J connectivity index is 0.00000480. The number of carboxylic acids is 1. The molecule has 0 atom stereocenters. The summed E-state index contributed by atoms with van der Waals surface area (Å²) in [5.41, 5.74) is -0.593. The number of nitrogens with zero attached hydrogens (tertiary/aromatic N) is 1. The maximum Gasteiger partial charge on any atom is 1.00 e. The topological polar surface area (TPSA) is 165 Å². The Labute approximate surface area is 314 Å². The van der Waals surface area contributed by atoms with Crippen molar-refractivity contribution in [2.24, 2.45) is 0 Å². The monoisotopic (exact) mass is 893 g/mol. The van der Waals surface area contributed by atoms with Crippen molar-refractivity contribution in [1.29, 1.82) is 0 Å². The molecule has 0 aliphatic carbocycles. The second kappa shape index (κ2) is 14.2. The van der Waals surface area contributed by atoms with Crippen molar-refractivity contribution in [3.63, 3.8) is 0 Å². The molecule has 1 aliphatic rings. The number of carbonyl (C=O) groups is 6. The number of imide groups is 1. The Kier molecular flexibility index (Phi) is 11.1. The van der Waals surface area contributed by atoms with Crippen LogP contribution in [-0.4, -0.2) is 45.9 Å². The molecule has 2 heterocycles. The molecule has 1 aliphatic heterocycles. The van der Waals surface area contributed by atoms with Crippen LogP contribution in [0.2, 0.25) is 0 Å². The number of rotatable bonds is 6. The molecule has 1 saturated heterocycles. The van der Waals surface area contributed by atoms with E-state index in [-0.39, 0.29) is 116 Å². The molecular formula is C29H16Br4NNaO11+2. The van der Waals surface area contributed by atoms with Gasteiger partial charge in [0.15, 0.2) is 20.4 Å².